The first-order valence-corrected chi connectivity index (χ1v) is 9.62. The zero-order valence-electron chi connectivity index (χ0n) is 16.5. The standard InChI is InChI=1S/C20H30FN3O2.HI/c1-4-22-20(24-10-14(2)7-15(3)11-24)23-6-5-16-8-18(21)9-17-12-25-13-26-19(16)17;/h8-9,14-15H,4-7,10-13H2,1-3H3,(H,22,23);1H. The van der Waals surface area contributed by atoms with E-state index in [1.54, 1.807) is 6.07 Å². The summed E-state index contributed by atoms with van der Waals surface area (Å²) >= 11 is 0. The molecule has 1 saturated heterocycles. The van der Waals surface area contributed by atoms with Crippen molar-refractivity contribution >= 4 is 29.9 Å². The van der Waals surface area contributed by atoms with Crippen molar-refractivity contribution in [1.29, 1.82) is 0 Å². The fraction of sp³-hybridized carbons (Fsp3) is 0.650. The zero-order chi connectivity index (χ0) is 18.5. The van der Waals surface area contributed by atoms with Gasteiger partial charge in [0, 0.05) is 31.7 Å². The maximum absolute atomic E-state index is 13.9. The molecule has 0 saturated carbocycles. The van der Waals surface area contributed by atoms with E-state index in [0.717, 1.165) is 42.5 Å². The molecule has 2 atom stereocenters. The molecule has 0 aromatic heterocycles. The number of rotatable bonds is 4. The number of aliphatic imine (C=N–C) groups is 1. The third kappa shape index (κ3) is 5.94. The molecule has 27 heavy (non-hydrogen) atoms. The average Bonchev–Trinajstić information content (AvgIpc) is 2.60. The highest BCUT2D eigenvalue weighted by atomic mass is 127. The van der Waals surface area contributed by atoms with Crippen LogP contribution < -0.4 is 10.1 Å². The summed E-state index contributed by atoms with van der Waals surface area (Å²) in [6, 6.07) is 3.04. The Bertz CT molecular complexity index is 646. The Morgan fingerprint density at radius 1 is 1.30 bits per heavy atom. The second-order valence-corrected chi connectivity index (χ2v) is 7.50. The van der Waals surface area contributed by atoms with Gasteiger partial charge in [-0.1, -0.05) is 13.8 Å². The lowest BCUT2D eigenvalue weighted by atomic mass is 9.92. The first-order chi connectivity index (χ1) is 12.6. The maximum Gasteiger partial charge on any atom is 0.193 e. The molecule has 0 bridgehead atoms. The van der Waals surface area contributed by atoms with Crippen LogP contribution in [-0.2, 0) is 17.8 Å². The number of likely N-dealkylation sites (tertiary alicyclic amines) is 1. The smallest absolute Gasteiger partial charge is 0.193 e. The molecule has 0 aliphatic carbocycles. The van der Waals surface area contributed by atoms with Gasteiger partial charge in [0.15, 0.2) is 12.8 Å². The van der Waals surface area contributed by atoms with E-state index in [1.165, 1.54) is 12.5 Å². The molecule has 1 aromatic rings. The van der Waals surface area contributed by atoms with Crippen LogP contribution >= 0.6 is 24.0 Å². The molecule has 2 heterocycles. The fourth-order valence-corrected chi connectivity index (χ4v) is 3.99. The Labute approximate surface area is 178 Å². The Kier molecular flexibility index (Phi) is 8.60. The number of halogens is 2. The summed E-state index contributed by atoms with van der Waals surface area (Å²) in [5, 5.41) is 3.40. The van der Waals surface area contributed by atoms with Gasteiger partial charge in [-0.3, -0.25) is 4.99 Å². The molecule has 2 aliphatic heterocycles. The highest BCUT2D eigenvalue weighted by Crippen LogP contribution is 2.29. The van der Waals surface area contributed by atoms with E-state index in [4.69, 9.17) is 14.5 Å². The predicted molar refractivity (Wildman–Crippen MR) is 116 cm³/mol. The molecule has 2 unspecified atom stereocenters. The van der Waals surface area contributed by atoms with Crippen molar-refractivity contribution in [2.45, 2.75) is 40.2 Å². The van der Waals surface area contributed by atoms with E-state index in [0.29, 0.717) is 31.4 Å². The SMILES string of the molecule is CCNC(=NCCc1cc(F)cc2c1OCOC2)N1CC(C)CC(C)C1.I. The van der Waals surface area contributed by atoms with E-state index in [9.17, 15) is 4.39 Å². The number of guanidine groups is 1. The van der Waals surface area contributed by atoms with Gasteiger partial charge in [-0.25, -0.2) is 4.39 Å². The van der Waals surface area contributed by atoms with Crippen LogP contribution in [0.15, 0.2) is 17.1 Å². The molecule has 5 nitrogen and oxygen atoms in total. The van der Waals surface area contributed by atoms with Gasteiger partial charge >= 0.3 is 0 Å². The van der Waals surface area contributed by atoms with Gasteiger partial charge < -0.3 is 19.7 Å². The monoisotopic (exact) mass is 491 g/mol. The molecule has 0 amide bonds. The van der Waals surface area contributed by atoms with Gasteiger partial charge in [-0.05, 0) is 49.3 Å². The summed E-state index contributed by atoms with van der Waals surface area (Å²) in [4.78, 5) is 7.16. The Balaban J connectivity index is 0.00000261. The lowest BCUT2D eigenvalue weighted by Gasteiger charge is -2.37. The summed E-state index contributed by atoms with van der Waals surface area (Å²) in [6.07, 6.45) is 1.92. The zero-order valence-corrected chi connectivity index (χ0v) is 18.8. The molecule has 152 valence electrons. The van der Waals surface area contributed by atoms with Crippen molar-refractivity contribution in [2.24, 2.45) is 16.8 Å². The maximum atomic E-state index is 13.9. The van der Waals surface area contributed by atoms with E-state index in [1.807, 2.05) is 0 Å². The largest absolute Gasteiger partial charge is 0.467 e. The Morgan fingerprint density at radius 3 is 2.74 bits per heavy atom. The van der Waals surface area contributed by atoms with E-state index in [-0.39, 0.29) is 36.6 Å². The molecule has 0 spiro atoms. The second kappa shape index (κ2) is 10.5. The minimum Gasteiger partial charge on any atom is -0.467 e. The minimum atomic E-state index is -0.248. The van der Waals surface area contributed by atoms with Crippen LogP contribution in [0.1, 0.15) is 38.3 Å². The average molecular weight is 491 g/mol. The highest BCUT2D eigenvalue weighted by molar-refractivity contribution is 14.0. The molecular weight excluding hydrogens is 460 g/mol. The molecule has 2 aliphatic rings. The van der Waals surface area contributed by atoms with Gasteiger partial charge in [0.1, 0.15) is 11.6 Å². The number of nitrogens with zero attached hydrogens (tertiary/aromatic N) is 2. The first-order valence-electron chi connectivity index (χ1n) is 9.62. The molecule has 1 fully saturated rings. The van der Waals surface area contributed by atoms with Crippen LogP contribution in [0.5, 0.6) is 5.75 Å². The van der Waals surface area contributed by atoms with Crippen molar-refractivity contribution < 1.29 is 13.9 Å². The van der Waals surface area contributed by atoms with E-state index in [2.05, 4.69) is 31.0 Å². The molecule has 0 radical (unpaired) electrons. The summed E-state index contributed by atoms with van der Waals surface area (Å²) in [5.41, 5.74) is 1.64. The lowest BCUT2D eigenvalue weighted by Crippen LogP contribution is -2.48. The molecule has 1 N–H and O–H groups in total. The van der Waals surface area contributed by atoms with Crippen molar-refractivity contribution in [2.75, 3.05) is 33.0 Å². The van der Waals surface area contributed by atoms with Crippen molar-refractivity contribution in [3.8, 4) is 5.75 Å². The van der Waals surface area contributed by atoms with Gasteiger partial charge in [0.25, 0.3) is 0 Å². The number of fused-ring (bicyclic) bond motifs is 1. The van der Waals surface area contributed by atoms with E-state index >= 15 is 0 Å². The Hall–Kier alpha value is -1.09. The third-order valence-electron chi connectivity index (χ3n) is 4.90. The number of piperidine rings is 1. The summed E-state index contributed by atoms with van der Waals surface area (Å²) in [7, 11) is 0. The molecule has 3 rings (SSSR count). The number of benzene rings is 1. The summed E-state index contributed by atoms with van der Waals surface area (Å²) < 4.78 is 24.7. The lowest BCUT2D eigenvalue weighted by molar-refractivity contribution is -0.0172. The first kappa shape index (κ1) is 22.2. The molecular formula is C20H31FIN3O2. The quantitative estimate of drug-likeness (QED) is 0.396. The van der Waals surface area contributed by atoms with Crippen LogP contribution in [0, 0.1) is 17.7 Å². The normalized spacial score (nSPS) is 22.5. The van der Waals surface area contributed by atoms with Gasteiger partial charge in [-0.15, -0.1) is 24.0 Å². The summed E-state index contributed by atoms with van der Waals surface area (Å²) in [6.45, 7) is 10.8. The van der Waals surface area contributed by atoms with Crippen LogP contribution in [0.2, 0.25) is 0 Å². The topological polar surface area (TPSA) is 46.1 Å². The number of hydrogen-bond donors (Lipinski definition) is 1. The van der Waals surface area contributed by atoms with Gasteiger partial charge in [-0.2, -0.15) is 0 Å². The number of ether oxygens (including phenoxy) is 2. The molecule has 7 heteroatoms. The highest BCUT2D eigenvalue weighted by Gasteiger charge is 2.24. The third-order valence-corrected chi connectivity index (χ3v) is 4.90. The predicted octanol–water partition coefficient (Wildman–Crippen LogP) is 3.80. The van der Waals surface area contributed by atoms with Crippen LogP contribution in [0.3, 0.4) is 0 Å². The Morgan fingerprint density at radius 2 is 2.04 bits per heavy atom. The fourth-order valence-electron chi connectivity index (χ4n) is 3.99. The van der Waals surface area contributed by atoms with Crippen LogP contribution in [0.4, 0.5) is 4.39 Å². The van der Waals surface area contributed by atoms with Gasteiger partial charge in [0.2, 0.25) is 0 Å². The number of nitrogens with one attached hydrogen (secondary N) is 1. The minimum absolute atomic E-state index is 0. The van der Waals surface area contributed by atoms with Crippen molar-refractivity contribution in [3.05, 3.63) is 29.1 Å². The van der Waals surface area contributed by atoms with Gasteiger partial charge in [0.05, 0.1) is 6.61 Å². The van der Waals surface area contributed by atoms with Crippen molar-refractivity contribution in [1.82, 2.24) is 10.2 Å². The summed E-state index contributed by atoms with van der Waals surface area (Å²) in [5.74, 6) is 2.82. The van der Waals surface area contributed by atoms with Crippen molar-refractivity contribution in [3.63, 3.8) is 0 Å². The van der Waals surface area contributed by atoms with Crippen LogP contribution in [-0.4, -0.2) is 43.8 Å². The molecule has 1 aromatic carbocycles. The van der Waals surface area contributed by atoms with Crippen LogP contribution in [0.25, 0.3) is 0 Å². The number of hydrogen-bond acceptors (Lipinski definition) is 3. The second-order valence-electron chi connectivity index (χ2n) is 7.50. The van der Waals surface area contributed by atoms with E-state index < -0.39 is 0 Å².